The van der Waals surface area contributed by atoms with E-state index in [9.17, 15) is 9.59 Å². The molecule has 0 radical (unpaired) electrons. The summed E-state index contributed by atoms with van der Waals surface area (Å²) in [7, 11) is 0. The van der Waals surface area contributed by atoms with Crippen LogP contribution in [0.25, 0.3) is 0 Å². The number of ether oxygens (including phenoxy) is 1. The Kier molecular flexibility index (Phi) is 4.99. The van der Waals surface area contributed by atoms with Gasteiger partial charge in [0.15, 0.2) is 5.75 Å². The van der Waals surface area contributed by atoms with Gasteiger partial charge >= 0.3 is 0 Å². The zero-order chi connectivity index (χ0) is 16.9. The van der Waals surface area contributed by atoms with Crippen LogP contribution in [0, 0.1) is 0 Å². The van der Waals surface area contributed by atoms with Gasteiger partial charge in [-0.3, -0.25) is 9.59 Å². The van der Waals surface area contributed by atoms with Crippen LogP contribution in [0.3, 0.4) is 0 Å². The Bertz CT molecular complexity index is 782. The van der Waals surface area contributed by atoms with Crippen molar-refractivity contribution >= 4 is 11.6 Å². The number of amides is 1. The smallest absolute Gasteiger partial charge is 0.293 e. The Morgan fingerprint density at radius 1 is 1.21 bits per heavy atom. The molecular formula is C19H22N2O3. The lowest BCUT2D eigenvalue weighted by Gasteiger charge is -2.29. The lowest BCUT2D eigenvalue weighted by molar-refractivity contribution is -0.119. The summed E-state index contributed by atoms with van der Waals surface area (Å²) in [6, 6.07) is 11.3. The predicted octanol–water partition coefficient (Wildman–Crippen LogP) is 2.62. The third kappa shape index (κ3) is 3.35. The summed E-state index contributed by atoms with van der Waals surface area (Å²) in [4.78, 5) is 26.9. The normalized spacial score (nSPS) is 13.5. The molecule has 24 heavy (non-hydrogen) atoms. The molecule has 1 amide bonds. The molecule has 5 heteroatoms. The first kappa shape index (κ1) is 16.3. The van der Waals surface area contributed by atoms with E-state index in [1.54, 1.807) is 23.2 Å². The Labute approximate surface area is 141 Å². The van der Waals surface area contributed by atoms with Crippen LogP contribution in [0.4, 0.5) is 5.69 Å². The van der Waals surface area contributed by atoms with Crippen LogP contribution in [0.1, 0.15) is 25.3 Å². The van der Waals surface area contributed by atoms with Crippen molar-refractivity contribution in [1.29, 1.82) is 0 Å². The van der Waals surface area contributed by atoms with E-state index in [1.807, 2.05) is 25.1 Å². The maximum atomic E-state index is 12.7. The van der Waals surface area contributed by atoms with Crippen LogP contribution in [0.5, 0.6) is 5.75 Å². The number of aromatic nitrogens is 1. The molecule has 0 bridgehead atoms. The van der Waals surface area contributed by atoms with Crippen LogP contribution < -0.4 is 15.2 Å². The minimum absolute atomic E-state index is 0.0243. The molecule has 2 aromatic rings. The zero-order valence-corrected chi connectivity index (χ0v) is 13.9. The number of fused-ring (bicyclic) bond motifs is 1. The first-order chi connectivity index (χ1) is 11.7. The highest BCUT2D eigenvalue weighted by atomic mass is 16.5. The number of carbonyl (C=O) groups excluding carboxylic acids is 1. The number of aryl methyl sites for hydroxylation is 1. The third-order valence-corrected chi connectivity index (χ3v) is 4.16. The van der Waals surface area contributed by atoms with Gasteiger partial charge in [0, 0.05) is 18.4 Å². The average Bonchev–Trinajstić information content (AvgIpc) is 2.62. The van der Waals surface area contributed by atoms with E-state index in [4.69, 9.17) is 4.74 Å². The highest BCUT2D eigenvalue weighted by Crippen LogP contribution is 2.26. The van der Waals surface area contributed by atoms with E-state index in [0.29, 0.717) is 18.9 Å². The molecule has 0 aliphatic carbocycles. The molecule has 0 atom stereocenters. The molecule has 3 rings (SSSR count). The largest absolute Gasteiger partial charge is 0.488 e. The molecule has 0 spiro atoms. The Balaban J connectivity index is 1.80. The molecule has 1 aliphatic rings. The van der Waals surface area contributed by atoms with Crippen molar-refractivity contribution in [3.05, 3.63) is 58.5 Å². The fraction of sp³-hybridized carbons (Fsp3) is 0.368. The van der Waals surface area contributed by atoms with E-state index < -0.39 is 0 Å². The van der Waals surface area contributed by atoms with Gasteiger partial charge in [-0.1, -0.05) is 25.1 Å². The summed E-state index contributed by atoms with van der Waals surface area (Å²) in [5.74, 6) is 0.225. The van der Waals surface area contributed by atoms with Crippen molar-refractivity contribution in [2.75, 3.05) is 18.1 Å². The Hall–Kier alpha value is -2.56. The minimum atomic E-state index is -0.260. The predicted molar refractivity (Wildman–Crippen MR) is 93.6 cm³/mol. The van der Waals surface area contributed by atoms with Crippen LogP contribution in [0.2, 0.25) is 0 Å². The summed E-state index contributed by atoms with van der Waals surface area (Å²) in [5, 5.41) is 0. The molecule has 5 nitrogen and oxygen atoms in total. The number of anilines is 1. The van der Waals surface area contributed by atoms with Crippen LogP contribution >= 0.6 is 0 Å². The molecule has 0 saturated heterocycles. The van der Waals surface area contributed by atoms with E-state index in [2.05, 4.69) is 6.07 Å². The molecule has 1 aromatic carbocycles. The quantitative estimate of drug-likeness (QED) is 0.849. The molecule has 0 saturated carbocycles. The fourth-order valence-electron chi connectivity index (χ4n) is 2.98. The molecule has 2 heterocycles. The van der Waals surface area contributed by atoms with E-state index in [0.717, 1.165) is 24.9 Å². The number of rotatable bonds is 5. The maximum absolute atomic E-state index is 12.7. The number of carbonyl (C=O) groups is 1. The van der Waals surface area contributed by atoms with Gasteiger partial charge in [0.25, 0.3) is 5.56 Å². The summed E-state index contributed by atoms with van der Waals surface area (Å²) in [6.07, 6.45) is 4.39. The number of hydrogen-bond donors (Lipinski definition) is 0. The fourth-order valence-corrected chi connectivity index (χ4v) is 2.98. The van der Waals surface area contributed by atoms with Crippen molar-refractivity contribution in [1.82, 2.24) is 4.57 Å². The van der Waals surface area contributed by atoms with Crippen molar-refractivity contribution in [3.8, 4) is 5.75 Å². The number of benzene rings is 1. The first-order valence-electron chi connectivity index (χ1n) is 8.41. The lowest BCUT2D eigenvalue weighted by Crippen LogP contribution is -2.39. The first-order valence-corrected chi connectivity index (χ1v) is 8.41. The van der Waals surface area contributed by atoms with Gasteiger partial charge in [-0.25, -0.2) is 0 Å². The SMILES string of the molecule is CCCOc1cccn(CC(=O)N2CCCc3ccccc32)c1=O. The maximum Gasteiger partial charge on any atom is 0.293 e. The van der Waals surface area contributed by atoms with Crippen molar-refractivity contribution < 1.29 is 9.53 Å². The second-order valence-corrected chi connectivity index (χ2v) is 5.93. The standard InChI is InChI=1S/C19H22N2O3/c1-2-13-24-17-10-6-11-20(19(17)23)14-18(22)21-12-5-8-15-7-3-4-9-16(15)21/h3-4,6-7,9-11H,2,5,8,12-14H2,1H3. The summed E-state index contributed by atoms with van der Waals surface area (Å²) in [5.41, 5.74) is 1.88. The van der Waals surface area contributed by atoms with Crippen molar-refractivity contribution in [2.24, 2.45) is 0 Å². The Morgan fingerprint density at radius 3 is 2.88 bits per heavy atom. The van der Waals surface area contributed by atoms with E-state index in [1.165, 1.54) is 10.1 Å². The topological polar surface area (TPSA) is 51.5 Å². The third-order valence-electron chi connectivity index (χ3n) is 4.16. The van der Waals surface area contributed by atoms with E-state index >= 15 is 0 Å². The zero-order valence-electron chi connectivity index (χ0n) is 13.9. The van der Waals surface area contributed by atoms with Crippen LogP contribution in [-0.4, -0.2) is 23.6 Å². The van der Waals surface area contributed by atoms with Gasteiger partial charge in [0.1, 0.15) is 6.54 Å². The molecular weight excluding hydrogens is 304 g/mol. The number of nitrogens with zero attached hydrogens (tertiary/aromatic N) is 2. The lowest BCUT2D eigenvalue weighted by atomic mass is 10.0. The van der Waals surface area contributed by atoms with Gasteiger partial charge in [-0.05, 0) is 43.0 Å². The van der Waals surface area contributed by atoms with Gasteiger partial charge in [-0.2, -0.15) is 0 Å². The monoisotopic (exact) mass is 326 g/mol. The van der Waals surface area contributed by atoms with E-state index in [-0.39, 0.29) is 18.0 Å². The van der Waals surface area contributed by atoms with Gasteiger partial charge in [0.2, 0.25) is 5.91 Å². The second-order valence-electron chi connectivity index (χ2n) is 5.93. The number of hydrogen-bond acceptors (Lipinski definition) is 3. The van der Waals surface area contributed by atoms with Gasteiger partial charge < -0.3 is 14.2 Å². The van der Waals surface area contributed by atoms with Crippen molar-refractivity contribution in [2.45, 2.75) is 32.7 Å². The van der Waals surface area contributed by atoms with Crippen LogP contribution in [0.15, 0.2) is 47.4 Å². The molecule has 0 fully saturated rings. The molecule has 126 valence electrons. The second kappa shape index (κ2) is 7.34. The molecule has 1 aliphatic heterocycles. The highest BCUT2D eigenvalue weighted by molar-refractivity contribution is 5.94. The Morgan fingerprint density at radius 2 is 2.04 bits per heavy atom. The molecule has 0 N–H and O–H groups in total. The molecule has 0 unspecified atom stereocenters. The number of para-hydroxylation sites is 1. The van der Waals surface area contributed by atoms with Crippen LogP contribution in [-0.2, 0) is 17.8 Å². The summed E-state index contributed by atoms with van der Waals surface area (Å²) >= 11 is 0. The van der Waals surface area contributed by atoms with Gasteiger partial charge in [-0.15, -0.1) is 0 Å². The number of pyridine rings is 1. The minimum Gasteiger partial charge on any atom is -0.488 e. The highest BCUT2D eigenvalue weighted by Gasteiger charge is 2.22. The summed E-state index contributed by atoms with van der Waals surface area (Å²) < 4.78 is 6.87. The molecule has 1 aromatic heterocycles. The average molecular weight is 326 g/mol. The van der Waals surface area contributed by atoms with Gasteiger partial charge in [0.05, 0.1) is 6.61 Å². The summed E-state index contributed by atoms with van der Waals surface area (Å²) in [6.45, 7) is 3.19. The van der Waals surface area contributed by atoms with Crippen molar-refractivity contribution in [3.63, 3.8) is 0 Å².